The number of halogens is 1. The van der Waals surface area contributed by atoms with Crippen molar-refractivity contribution in [1.29, 1.82) is 0 Å². The maximum absolute atomic E-state index is 13.7. The number of thiophene rings is 1. The number of hydrogen-bond donors (Lipinski definition) is 1. The highest BCUT2D eigenvalue weighted by Gasteiger charge is 2.21. The topological polar surface area (TPSA) is 98.5 Å². The maximum Gasteiger partial charge on any atom is 0.348 e. The lowest BCUT2D eigenvalue weighted by molar-refractivity contribution is -0.384. The lowest BCUT2D eigenvalue weighted by Gasteiger charge is -2.11. The van der Waals surface area contributed by atoms with Gasteiger partial charge in [0.05, 0.1) is 4.92 Å². The fraction of sp³-hybridized carbons (Fsp3) is 0.158. The number of ether oxygens (including phenoxy) is 1. The summed E-state index contributed by atoms with van der Waals surface area (Å²) in [6.45, 7) is 2.78. The number of nitro benzene ring substituents is 1. The van der Waals surface area contributed by atoms with Crippen LogP contribution in [0.5, 0.6) is 0 Å². The number of nitrogens with one attached hydrogen (secondary N) is 1. The molecule has 0 spiro atoms. The number of aryl methyl sites for hydroxylation is 1. The highest BCUT2D eigenvalue weighted by molar-refractivity contribution is 7.20. The van der Waals surface area contributed by atoms with E-state index >= 15 is 0 Å². The van der Waals surface area contributed by atoms with E-state index < -0.39 is 29.2 Å². The largest absolute Gasteiger partial charge is 0.451 e. The van der Waals surface area contributed by atoms with Crippen LogP contribution in [0.4, 0.5) is 15.8 Å². The van der Waals surface area contributed by atoms with Crippen LogP contribution in [0.25, 0.3) is 10.1 Å². The van der Waals surface area contributed by atoms with E-state index in [9.17, 15) is 24.1 Å². The van der Waals surface area contributed by atoms with Gasteiger partial charge in [-0.1, -0.05) is 12.1 Å². The van der Waals surface area contributed by atoms with Gasteiger partial charge in [0, 0.05) is 16.2 Å². The number of anilines is 1. The number of hydrogen-bond acceptors (Lipinski definition) is 6. The van der Waals surface area contributed by atoms with E-state index in [-0.39, 0.29) is 16.3 Å². The number of rotatable bonds is 5. The van der Waals surface area contributed by atoms with Gasteiger partial charge in [-0.25, -0.2) is 9.18 Å². The summed E-state index contributed by atoms with van der Waals surface area (Å²) in [5.74, 6) is -1.93. The van der Waals surface area contributed by atoms with Crippen molar-refractivity contribution < 1.29 is 23.6 Å². The SMILES string of the molecule is Cc1ccc([N+](=O)[O-])c(NC(=O)COC(=O)c2cc3c(F)cccc3s2)c1C. The van der Waals surface area contributed by atoms with Crippen LogP contribution in [0.2, 0.25) is 0 Å². The average Bonchev–Trinajstić information content (AvgIpc) is 3.09. The van der Waals surface area contributed by atoms with Gasteiger partial charge in [-0.15, -0.1) is 11.3 Å². The van der Waals surface area contributed by atoms with Crippen LogP contribution in [0.15, 0.2) is 36.4 Å². The number of esters is 1. The first-order valence-corrected chi connectivity index (χ1v) is 8.99. The first kappa shape index (κ1) is 19.4. The minimum absolute atomic E-state index is 0.0648. The van der Waals surface area contributed by atoms with Gasteiger partial charge in [0.25, 0.3) is 11.6 Å². The number of benzene rings is 2. The van der Waals surface area contributed by atoms with Crippen LogP contribution in [0, 0.1) is 29.8 Å². The van der Waals surface area contributed by atoms with Gasteiger partial charge in [0.2, 0.25) is 0 Å². The van der Waals surface area contributed by atoms with E-state index in [1.54, 1.807) is 26.0 Å². The second-order valence-corrected chi connectivity index (χ2v) is 7.13. The van der Waals surface area contributed by atoms with E-state index in [1.165, 1.54) is 24.3 Å². The third-order valence-corrected chi connectivity index (χ3v) is 5.30. The molecule has 144 valence electrons. The maximum atomic E-state index is 13.7. The second-order valence-electron chi connectivity index (χ2n) is 6.05. The summed E-state index contributed by atoms with van der Waals surface area (Å²) in [7, 11) is 0. The Labute approximate surface area is 162 Å². The van der Waals surface area contributed by atoms with Gasteiger partial charge < -0.3 is 10.1 Å². The van der Waals surface area contributed by atoms with Crippen LogP contribution < -0.4 is 5.32 Å². The Morgan fingerprint density at radius 2 is 2.00 bits per heavy atom. The van der Waals surface area contributed by atoms with Crippen LogP contribution in [0.1, 0.15) is 20.8 Å². The summed E-state index contributed by atoms with van der Waals surface area (Å²) in [5, 5.41) is 13.9. The molecule has 0 bridgehead atoms. The molecule has 0 fully saturated rings. The van der Waals surface area contributed by atoms with Crippen molar-refractivity contribution >= 4 is 44.7 Å². The monoisotopic (exact) mass is 402 g/mol. The number of carbonyl (C=O) groups excluding carboxylic acids is 2. The quantitative estimate of drug-likeness (QED) is 0.388. The average molecular weight is 402 g/mol. The summed E-state index contributed by atoms with van der Waals surface area (Å²) in [5.41, 5.74) is 1.14. The fourth-order valence-corrected chi connectivity index (χ4v) is 3.58. The molecule has 0 aliphatic carbocycles. The Kier molecular flexibility index (Phi) is 5.36. The molecular formula is C19H15FN2O5S. The van der Waals surface area contributed by atoms with E-state index in [4.69, 9.17) is 4.74 Å². The lowest BCUT2D eigenvalue weighted by atomic mass is 10.1. The third-order valence-electron chi connectivity index (χ3n) is 4.22. The molecule has 0 radical (unpaired) electrons. The number of amides is 1. The molecule has 0 saturated heterocycles. The van der Waals surface area contributed by atoms with Crippen molar-refractivity contribution in [2.24, 2.45) is 0 Å². The second kappa shape index (κ2) is 7.73. The first-order valence-electron chi connectivity index (χ1n) is 8.17. The molecule has 7 nitrogen and oxygen atoms in total. The summed E-state index contributed by atoms with van der Waals surface area (Å²) >= 11 is 1.05. The van der Waals surface area contributed by atoms with Crippen LogP contribution in [0.3, 0.4) is 0 Å². The van der Waals surface area contributed by atoms with E-state index in [0.717, 1.165) is 16.9 Å². The molecule has 3 aromatic rings. The normalized spacial score (nSPS) is 10.7. The van der Waals surface area contributed by atoms with Crippen molar-refractivity contribution in [1.82, 2.24) is 0 Å². The molecule has 0 unspecified atom stereocenters. The molecule has 0 saturated carbocycles. The standard InChI is InChI=1S/C19H15FN2O5S/c1-10-6-7-14(22(25)26)18(11(10)2)21-17(23)9-27-19(24)16-8-12-13(20)4-3-5-15(12)28-16/h3-8H,9H2,1-2H3,(H,21,23). The van der Waals surface area contributed by atoms with Crippen LogP contribution >= 0.6 is 11.3 Å². The van der Waals surface area contributed by atoms with Gasteiger partial charge in [-0.3, -0.25) is 14.9 Å². The first-order chi connectivity index (χ1) is 13.3. The third kappa shape index (κ3) is 3.84. The van der Waals surface area contributed by atoms with E-state index in [0.29, 0.717) is 15.6 Å². The smallest absolute Gasteiger partial charge is 0.348 e. The Bertz CT molecular complexity index is 1110. The van der Waals surface area contributed by atoms with Crippen LogP contribution in [-0.2, 0) is 9.53 Å². The Balaban J connectivity index is 1.70. The molecule has 1 heterocycles. The molecular weight excluding hydrogens is 387 g/mol. The minimum atomic E-state index is -0.772. The van der Waals surface area contributed by atoms with Gasteiger partial charge >= 0.3 is 5.97 Å². The zero-order valence-corrected chi connectivity index (χ0v) is 15.8. The Morgan fingerprint density at radius 3 is 2.68 bits per heavy atom. The summed E-state index contributed by atoms with van der Waals surface area (Å²) in [4.78, 5) is 35.0. The van der Waals surface area contributed by atoms with Crippen molar-refractivity contribution in [3.05, 3.63) is 68.3 Å². The van der Waals surface area contributed by atoms with Crippen molar-refractivity contribution in [3.8, 4) is 0 Å². The predicted octanol–water partition coefficient (Wildman–Crippen LogP) is 4.36. The summed E-state index contributed by atoms with van der Waals surface area (Å²) in [6.07, 6.45) is 0. The molecule has 0 aliphatic rings. The number of nitro groups is 1. The highest BCUT2D eigenvalue weighted by atomic mass is 32.1. The summed E-state index contributed by atoms with van der Waals surface area (Å²) < 4.78 is 19.3. The predicted molar refractivity (Wildman–Crippen MR) is 103 cm³/mol. The Hall–Kier alpha value is -3.33. The molecule has 3 rings (SSSR count). The molecule has 0 aliphatic heterocycles. The van der Waals surface area contributed by atoms with Crippen LogP contribution in [-0.4, -0.2) is 23.4 Å². The van der Waals surface area contributed by atoms with E-state index in [1.807, 2.05) is 0 Å². The molecule has 1 aromatic heterocycles. The van der Waals surface area contributed by atoms with Gasteiger partial charge in [-0.2, -0.15) is 0 Å². The molecule has 2 aromatic carbocycles. The molecule has 1 N–H and O–H groups in total. The van der Waals surface area contributed by atoms with Gasteiger partial charge in [0.15, 0.2) is 6.61 Å². The molecule has 0 atom stereocenters. The highest BCUT2D eigenvalue weighted by Crippen LogP contribution is 2.30. The van der Waals surface area contributed by atoms with E-state index in [2.05, 4.69) is 5.32 Å². The van der Waals surface area contributed by atoms with Crippen molar-refractivity contribution in [2.75, 3.05) is 11.9 Å². The molecule has 1 amide bonds. The molecule has 9 heteroatoms. The zero-order chi connectivity index (χ0) is 20.4. The van der Waals surface area contributed by atoms with Gasteiger partial charge in [0.1, 0.15) is 16.4 Å². The number of carbonyl (C=O) groups is 2. The number of fused-ring (bicyclic) bond motifs is 1. The summed E-state index contributed by atoms with van der Waals surface area (Å²) in [6, 6.07) is 8.75. The minimum Gasteiger partial charge on any atom is -0.451 e. The van der Waals surface area contributed by atoms with Gasteiger partial charge in [-0.05, 0) is 43.2 Å². The lowest BCUT2D eigenvalue weighted by Crippen LogP contribution is -2.21. The van der Waals surface area contributed by atoms with Crippen molar-refractivity contribution in [3.63, 3.8) is 0 Å². The Morgan fingerprint density at radius 1 is 1.25 bits per heavy atom. The zero-order valence-electron chi connectivity index (χ0n) is 14.9. The molecule has 28 heavy (non-hydrogen) atoms. The number of nitrogens with zero attached hydrogens (tertiary/aromatic N) is 1. The fourth-order valence-electron chi connectivity index (χ4n) is 2.62. The van der Waals surface area contributed by atoms with Crippen molar-refractivity contribution in [2.45, 2.75) is 13.8 Å².